The van der Waals surface area contributed by atoms with E-state index in [1.165, 1.54) is 71.6 Å². The highest BCUT2D eigenvalue weighted by molar-refractivity contribution is 9.10. The Bertz CT molecular complexity index is 2350. The van der Waals surface area contributed by atoms with Gasteiger partial charge in [-0.1, -0.05) is 103 Å². The first kappa shape index (κ1) is 24.0. The fourth-order valence-electron chi connectivity index (χ4n) is 7.43. The van der Waals surface area contributed by atoms with E-state index < -0.39 is 0 Å². The van der Waals surface area contributed by atoms with Crippen molar-refractivity contribution in [2.75, 3.05) is 0 Å². The van der Waals surface area contributed by atoms with E-state index in [9.17, 15) is 0 Å². The summed E-state index contributed by atoms with van der Waals surface area (Å²) in [6, 6.07) is 46.9. The molecule has 2 nitrogen and oxygen atoms in total. The summed E-state index contributed by atoms with van der Waals surface area (Å²) in [6.07, 6.45) is 0. The number of halogens is 1. The first-order valence-corrected chi connectivity index (χ1v) is 15.3. The summed E-state index contributed by atoms with van der Waals surface area (Å²) >= 11 is 3.74. The van der Waals surface area contributed by atoms with E-state index in [1.807, 2.05) is 0 Å². The average Bonchev–Trinajstić information content (AvgIpc) is 3.60. The molecule has 1 aliphatic rings. The molecular formula is C39H27BrN2. The first-order valence-electron chi connectivity index (χ1n) is 14.5. The molecule has 200 valence electrons. The lowest BCUT2D eigenvalue weighted by Crippen LogP contribution is -2.15. The van der Waals surface area contributed by atoms with Crippen molar-refractivity contribution in [3.8, 4) is 22.5 Å². The quantitative estimate of drug-likeness (QED) is 0.186. The van der Waals surface area contributed by atoms with Gasteiger partial charge in [-0.3, -0.25) is 0 Å². The van der Waals surface area contributed by atoms with Crippen molar-refractivity contribution in [3.63, 3.8) is 0 Å². The summed E-state index contributed by atoms with van der Waals surface area (Å²) in [5.41, 5.74) is 12.6. The van der Waals surface area contributed by atoms with Crippen LogP contribution in [0.4, 0.5) is 0 Å². The number of benzene rings is 6. The SMILES string of the molecule is CC1(C)c2ccccc2-c2ccc(-n3c4ccc(Br)cc4c4ccc(-n5c6ccccc6c6ccccc65)cc43)cc21. The second kappa shape index (κ2) is 8.47. The Hall–Kier alpha value is -4.60. The van der Waals surface area contributed by atoms with Crippen LogP contribution in [0.1, 0.15) is 25.0 Å². The van der Waals surface area contributed by atoms with Gasteiger partial charge in [0.2, 0.25) is 0 Å². The van der Waals surface area contributed by atoms with Crippen molar-refractivity contribution < 1.29 is 0 Å². The molecule has 6 aromatic carbocycles. The zero-order valence-corrected chi connectivity index (χ0v) is 25.0. The molecule has 0 unspecified atom stereocenters. The predicted molar refractivity (Wildman–Crippen MR) is 180 cm³/mol. The molecule has 0 bridgehead atoms. The number of rotatable bonds is 2. The molecule has 2 heterocycles. The number of hydrogen-bond donors (Lipinski definition) is 0. The molecule has 42 heavy (non-hydrogen) atoms. The van der Waals surface area contributed by atoms with Crippen LogP contribution < -0.4 is 0 Å². The third-order valence-electron chi connectivity index (χ3n) is 9.38. The number of fused-ring (bicyclic) bond motifs is 9. The first-order chi connectivity index (χ1) is 20.5. The molecule has 0 atom stereocenters. The Kier molecular flexibility index (Phi) is 4.85. The van der Waals surface area contributed by atoms with Crippen molar-refractivity contribution in [2.24, 2.45) is 0 Å². The summed E-state index contributed by atoms with van der Waals surface area (Å²) < 4.78 is 5.95. The number of para-hydroxylation sites is 2. The van der Waals surface area contributed by atoms with E-state index in [1.54, 1.807) is 0 Å². The highest BCUT2D eigenvalue weighted by Gasteiger charge is 2.35. The van der Waals surface area contributed by atoms with Gasteiger partial charge in [-0.05, 0) is 76.9 Å². The molecule has 0 saturated heterocycles. The second-order valence-corrected chi connectivity index (χ2v) is 12.9. The van der Waals surface area contributed by atoms with Gasteiger partial charge < -0.3 is 9.13 Å². The minimum atomic E-state index is -0.0577. The molecular weight excluding hydrogens is 576 g/mol. The molecule has 3 heteroatoms. The van der Waals surface area contributed by atoms with Crippen LogP contribution in [0.25, 0.3) is 66.1 Å². The van der Waals surface area contributed by atoms with E-state index in [-0.39, 0.29) is 5.41 Å². The third-order valence-corrected chi connectivity index (χ3v) is 9.87. The summed E-state index contributed by atoms with van der Waals surface area (Å²) in [5, 5.41) is 5.05. The fraction of sp³-hybridized carbons (Fsp3) is 0.0769. The Balaban J connectivity index is 1.35. The Labute approximate surface area is 252 Å². The van der Waals surface area contributed by atoms with Gasteiger partial charge in [0.05, 0.1) is 22.1 Å². The Morgan fingerprint density at radius 3 is 1.81 bits per heavy atom. The van der Waals surface area contributed by atoms with Crippen molar-refractivity contribution in [1.29, 1.82) is 0 Å². The average molecular weight is 604 g/mol. The van der Waals surface area contributed by atoms with Crippen LogP contribution in [0.5, 0.6) is 0 Å². The van der Waals surface area contributed by atoms with Crippen LogP contribution in [-0.4, -0.2) is 9.13 Å². The normalized spacial score (nSPS) is 13.8. The summed E-state index contributed by atoms with van der Waals surface area (Å²) in [7, 11) is 0. The highest BCUT2D eigenvalue weighted by atomic mass is 79.9. The number of nitrogens with zero attached hydrogens (tertiary/aromatic N) is 2. The lowest BCUT2D eigenvalue weighted by atomic mass is 9.82. The Morgan fingerprint density at radius 2 is 1.02 bits per heavy atom. The lowest BCUT2D eigenvalue weighted by Gasteiger charge is -2.22. The largest absolute Gasteiger partial charge is 0.309 e. The van der Waals surface area contributed by atoms with E-state index in [0.29, 0.717) is 0 Å². The molecule has 0 spiro atoms. The molecule has 0 aliphatic heterocycles. The Morgan fingerprint density at radius 1 is 0.452 bits per heavy atom. The van der Waals surface area contributed by atoms with Gasteiger partial charge in [0.15, 0.2) is 0 Å². The maximum absolute atomic E-state index is 3.74. The molecule has 0 saturated carbocycles. The molecule has 1 aliphatic carbocycles. The van der Waals surface area contributed by atoms with Crippen LogP contribution in [0.2, 0.25) is 0 Å². The topological polar surface area (TPSA) is 9.86 Å². The van der Waals surface area contributed by atoms with Crippen molar-refractivity contribution in [3.05, 3.63) is 143 Å². The van der Waals surface area contributed by atoms with Gasteiger partial charge in [-0.15, -0.1) is 0 Å². The molecule has 2 aromatic heterocycles. The van der Waals surface area contributed by atoms with Gasteiger partial charge in [0, 0.05) is 42.8 Å². The summed E-state index contributed by atoms with van der Waals surface area (Å²) in [4.78, 5) is 0. The fourth-order valence-corrected chi connectivity index (χ4v) is 7.79. The van der Waals surface area contributed by atoms with E-state index in [0.717, 1.165) is 10.2 Å². The van der Waals surface area contributed by atoms with Gasteiger partial charge in [0.1, 0.15) is 0 Å². The van der Waals surface area contributed by atoms with Gasteiger partial charge in [-0.25, -0.2) is 0 Å². The van der Waals surface area contributed by atoms with Crippen molar-refractivity contribution >= 4 is 59.5 Å². The van der Waals surface area contributed by atoms with Crippen LogP contribution in [0, 0.1) is 0 Å². The minimum Gasteiger partial charge on any atom is -0.309 e. The molecule has 0 fully saturated rings. The second-order valence-electron chi connectivity index (χ2n) is 12.0. The summed E-state index contributed by atoms with van der Waals surface area (Å²) in [6.45, 7) is 4.70. The van der Waals surface area contributed by atoms with Gasteiger partial charge >= 0.3 is 0 Å². The molecule has 0 N–H and O–H groups in total. The monoisotopic (exact) mass is 602 g/mol. The minimum absolute atomic E-state index is 0.0577. The van der Waals surface area contributed by atoms with E-state index >= 15 is 0 Å². The standard InChI is InChI=1S/C39H27BrN2/c1-39(2)33-12-6-3-9-27(33)28-18-16-25(22-34(28)39)42-37-20-15-24(40)21-32(37)31-19-17-26(23-38(31)42)41-35-13-7-4-10-29(35)30-11-5-8-14-36(30)41/h3-23H,1-2H3. The van der Waals surface area contributed by atoms with Crippen LogP contribution in [0.15, 0.2) is 132 Å². The van der Waals surface area contributed by atoms with Crippen molar-refractivity contribution in [2.45, 2.75) is 19.3 Å². The zero-order chi connectivity index (χ0) is 28.2. The number of aromatic nitrogens is 2. The lowest BCUT2D eigenvalue weighted by molar-refractivity contribution is 0.660. The number of hydrogen-bond acceptors (Lipinski definition) is 0. The molecule has 0 amide bonds. The van der Waals surface area contributed by atoms with Gasteiger partial charge in [0.25, 0.3) is 0 Å². The van der Waals surface area contributed by atoms with Crippen LogP contribution in [-0.2, 0) is 5.41 Å². The zero-order valence-electron chi connectivity index (χ0n) is 23.4. The van der Waals surface area contributed by atoms with E-state index in [2.05, 4.69) is 166 Å². The van der Waals surface area contributed by atoms with Gasteiger partial charge in [-0.2, -0.15) is 0 Å². The molecule has 0 radical (unpaired) electrons. The highest BCUT2D eigenvalue weighted by Crippen LogP contribution is 2.49. The van der Waals surface area contributed by atoms with Crippen LogP contribution in [0.3, 0.4) is 0 Å². The maximum Gasteiger partial charge on any atom is 0.0561 e. The molecule has 8 aromatic rings. The van der Waals surface area contributed by atoms with Crippen LogP contribution >= 0.6 is 15.9 Å². The summed E-state index contributed by atoms with van der Waals surface area (Å²) in [5.74, 6) is 0. The molecule has 9 rings (SSSR count). The predicted octanol–water partition coefficient (Wildman–Crippen LogP) is 10.9. The van der Waals surface area contributed by atoms with Crippen molar-refractivity contribution in [1.82, 2.24) is 9.13 Å². The third kappa shape index (κ3) is 3.15. The maximum atomic E-state index is 3.74. The van der Waals surface area contributed by atoms with E-state index in [4.69, 9.17) is 0 Å². The smallest absolute Gasteiger partial charge is 0.0561 e.